The summed E-state index contributed by atoms with van der Waals surface area (Å²) >= 11 is 4.12. The first kappa shape index (κ1) is 13.1. The molecule has 0 spiro atoms. The Morgan fingerprint density at radius 3 is 2.43 bits per heavy atom. The molecule has 21 heavy (non-hydrogen) atoms. The van der Waals surface area contributed by atoms with Crippen molar-refractivity contribution in [3.05, 3.63) is 35.9 Å². The van der Waals surface area contributed by atoms with Gasteiger partial charge in [0.25, 0.3) is 0 Å². The van der Waals surface area contributed by atoms with Gasteiger partial charge in [0.1, 0.15) is 0 Å². The molecule has 5 aliphatic rings. The molecular weight excluding hydrogens is 324 g/mol. The van der Waals surface area contributed by atoms with Crippen molar-refractivity contribution in [1.29, 1.82) is 0 Å². The van der Waals surface area contributed by atoms with Gasteiger partial charge in [-0.05, 0) is 62.3 Å². The van der Waals surface area contributed by atoms with Gasteiger partial charge < -0.3 is 4.74 Å². The van der Waals surface area contributed by atoms with Crippen molar-refractivity contribution in [3.63, 3.8) is 0 Å². The maximum absolute atomic E-state index is 6.44. The number of rotatable bonds is 2. The van der Waals surface area contributed by atoms with E-state index in [0.29, 0.717) is 16.3 Å². The highest BCUT2D eigenvalue weighted by Crippen LogP contribution is 2.88. The standard InChI is InChI=1S/C19H23BrO/c1-18(2,3)21-12-9-11-13-14(12)16-15(11)19(16,17(13)20)10-7-5-4-6-8-10/h4-8,11-17H,9H2,1-3H3/t11-,12-,13-,14+,15+,16-,17+,19+/m0/s1. The Labute approximate surface area is 135 Å². The van der Waals surface area contributed by atoms with Gasteiger partial charge in [-0.15, -0.1) is 0 Å². The second kappa shape index (κ2) is 3.76. The molecule has 0 radical (unpaired) electrons. The minimum absolute atomic E-state index is 0.00829. The number of hydrogen-bond acceptors (Lipinski definition) is 1. The first-order valence-corrected chi connectivity index (χ1v) is 9.25. The first-order valence-electron chi connectivity index (χ1n) is 8.33. The van der Waals surface area contributed by atoms with Crippen LogP contribution in [0, 0.1) is 29.6 Å². The zero-order chi connectivity index (χ0) is 14.6. The van der Waals surface area contributed by atoms with Crippen molar-refractivity contribution in [2.24, 2.45) is 29.6 Å². The molecule has 0 N–H and O–H groups in total. The summed E-state index contributed by atoms with van der Waals surface area (Å²) in [5.41, 5.74) is 2.01. The molecule has 1 aromatic carbocycles. The van der Waals surface area contributed by atoms with Crippen LogP contribution in [0.4, 0.5) is 0 Å². The predicted molar refractivity (Wildman–Crippen MR) is 87.5 cm³/mol. The van der Waals surface area contributed by atoms with Gasteiger partial charge >= 0.3 is 0 Å². The fourth-order valence-corrected chi connectivity index (χ4v) is 8.18. The van der Waals surface area contributed by atoms with Gasteiger partial charge in [-0.2, -0.15) is 0 Å². The molecule has 0 aliphatic heterocycles. The second-order valence-corrected chi connectivity index (χ2v) is 9.56. The van der Waals surface area contributed by atoms with E-state index in [1.54, 1.807) is 5.56 Å². The molecule has 5 saturated carbocycles. The molecule has 6 bridgehead atoms. The lowest BCUT2D eigenvalue weighted by molar-refractivity contribution is -0.0850. The molecule has 0 unspecified atom stereocenters. The van der Waals surface area contributed by atoms with Gasteiger partial charge in [-0.25, -0.2) is 0 Å². The summed E-state index contributed by atoms with van der Waals surface area (Å²) in [6.07, 6.45) is 1.79. The number of halogens is 1. The van der Waals surface area contributed by atoms with E-state index in [4.69, 9.17) is 4.74 Å². The summed E-state index contributed by atoms with van der Waals surface area (Å²) in [6, 6.07) is 11.3. The Kier molecular flexibility index (Phi) is 2.35. The van der Waals surface area contributed by atoms with Crippen LogP contribution in [-0.4, -0.2) is 16.5 Å². The minimum atomic E-state index is -0.00829. The predicted octanol–water partition coefficient (Wildman–Crippen LogP) is 4.40. The van der Waals surface area contributed by atoms with Crippen LogP contribution in [0.15, 0.2) is 30.3 Å². The normalized spacial score (nSPS) is 52.5. The fraction of sp³-hybridized carbons (Fsp3) is 0.684. The number of benzene rings is 1. The number of alkyl halides is 1. The Morgan fingerprint density at radius 1 is 1.10 bits per heavy atom. The lowest BCUT2D eigenvalue weighted by Crippen LogP contribution is -2.32. The third-order valence-corrected chi connectivity index (χ3v) is 8.07. The maximum atomic E-state index is 6.44. The van der Waals surface area contributed by atoms with Crippen LogP contribution in [0.25, 0.3) is 0 Å². The third kappa shape index (κ3) is 1.38. The molecule has 1 nitrogen and oxygen atoms in total. The van der Waals surface area contributed by atoms with Crippen molar-refractivity contribution in [1.82, 2.24) is 0 Å². The maximum Gasteiger partial charge on any atom is 0.0619 e. The molecule has 2 heteroatoms. The molecular formula is C19H23BrO. The molecule has 112 valence electrons. The summed E-state index contributed by atoms with van der Waals surface area (Å²) in [6.45, 7) is 6.60. The van der Waals surface area contributed by atoms with Crippen LogP contribution < -0.4 is 0 Å². The van der Waals surface area contributed by atoms with Gasteiger partial charge in [-0.3, -0.25) is 0 Å². The molecule has 0 heterocycles. The largest absolute Gasteiger partial charge is 0.372 e. The molecule has 1 aromatic rings. The average molecular weight is 347 g/mol. The van der Waals surface area contributed by atoms with Crippen molar-refractivity contribution >= 4 is 15.9 Å². The summed E-state index contributed by atoms with van der Waals surface area (Å²) < 4.78 is 6.44. The lowest BCUT2D eigenvalue weighted by Gasteiger charge is -2.30. The molecule has 6 rings (SSSR count). The summed E-state index contributed by atoms with van der Waals surface area (Å²) in [5, 5.41) is 0. The monoisotopic (exact) mass is 346 g/mol. The lowest BCUT2D eigenvalue weighted by atomic mass is 9.93. The van der Waals surface area contributed by atoms with Gasteiger partial charge in [0.2, 0.25) is 0 Å². The third-order valence-electron chi connectivity index (χ3n) is 6.70. The van der Waals surface area contributed by atoms with Crippen molar-refractivity contribution in [2.45, 2.75) is 49.1 Å². The van der Waals surface area contributed by atoms with Gasteiger partial charge in [0.05, 0.1) is 11.7 Å². The van der Waals surface area contributed by atoms with E-state index in [1.807, 2.05) is 0 Å². The topological polar surface area (TPSA) is 9.23 Å². The van der Waals surface area contributed by atoms with E-state index >= 15 is 0 Å². The van der Waals surface area contributed by atoms with E-state index in [-0.39, 0.29) is 5.60 Å². The Morgan fingerprint density at radius 2 is 1.81 bits per heavy atom. The van der Waals surface area contributed by atoms with Crippen LogP contribution in [0.2, 0.25) is 0 Å². The van der Waals surface area contributed by atoms with Gasteiger partial charge in [0.15, 0.2) is 0 Å². The SMILES string of the molecule is CC(C)(C)O[C@H]1C[C@H]2[C@H]3[C@@H]1[C@H]1[C@@H]2[C@@]1(c1ccccc1)[C@@H]3Br. The van der Waals surface area contributed by atoms with Crippen LogP contribution in [0.5, 0.6) is 0 Å². The molecule has 0 aromatic heterocycles. The zero-order valence-electron chi connectivity index (χ0n) is 12.9. The zero-order valence-corrected chi connectivity index (χ0v) is 14.5. The van der Waals surface area contributed by atoms with E-state index in [1.165, 1.54) is 6.42 Å². The quantitative estimate of drug-likeness (QED) is 0.721. The van der Waals surface area contributed by atoms with Crippen LogP contribution in [-0.2, 0) is 10.2 Å². The Bertz CT molecular complexity index is 587. The van der Waals surface area contributed by atoms with Crippen LogP contribution in [0.3, 0.4) is 0 Å². The van der Waals surface area contributed by atoms with Crippen molar-refractivity contribution in [3.8, 4) is 0 Å². The molecule has 8 atom stereocenters. The van der Waals surface area contributed by atoms with Crippen LogP contribution >= 0.6 is 15.9 Å². The Balaban J connectivity index is 1.52. The highest BCUT2D eigenvalue weighted by Gasteiger charge is 2.89. The number of hydrogen-bond donors (Lipinski definition) is 0. The second-order valence-electron chi connectivity index (χ2n) is 8.58. The summed E-state index contributed by atoms with van der Waals surface area (Å²) in [7, 11) is 0. The fourth-order valence-electron chi connectivity index (χ4n) is 6.56. The Hall–Kier alpha value is -0.340. The molecule has 0 amide bonds. The minimum Gasteiger partial charge on any atom is -0.372 e. The molecule has 5 aliphatic carbocycles. The summed E-state index contributed by atoms with van der Waals surface area (Å²) in [5.74, 6) is 4.35. The van der Waals surface area contributed by atoms with Crippen molar-refractivity contribution < 1.29 is 4.74 Å². The smallest absolute Gasteiger partial charge is 0.0619 e. The van der Waals surface area contributed by atoms with E-state index < -0.39 is 0 Å². The first-order chi connectivity index (χ1) is 9.96. The van der Waals surface area contributed by atoms with E-state index in [9.17, 15) is 0 Å². The highest BCUT2D eigenvalue weighted by atomic mass is 79.9. The van der Waals surface area contributed by atoms with Gasteiger partial charge in [0, 0.05) is 10.2 Å². The van der Waals surface area contributed by atoms with Crippen LogP contribution in [0.1, 0.15) is 32.8 Å². The van der Waals surface area contributed by atoms with E-state index in [0.717, 1.165) is 29.6 Å². The average Bonchev–Trinajstić information content (AvgIpc) is 2.64. The number of ether oxygens (including phenoxy) is 1. The highest BCUT2D eigenvalue weighted by molar-refractivity contribution is 9.09. The molecule has 5 fully saturated rings. The molecule has 0 saturated heterocycles. The van der Waals surface area contributed by atoms with Gasteiger partial charge in [-0.1, -0.05) is 46.3 Å². The van der Waals surface area contributed by atoms with Crippen molar-refractivity contribution in [2.75, 3.05) is 0 Å². The summed E-state index contributed by atoms with van der Waals surface area (Å²) in [4.78, 5) is 0.672. The van der Waals surface area contributed by atoms with E-state index in [2.05, 4.69) is 67.0 Å².